The number of hydrogen-bond donors (Lipinski definition) is 1. The molecule has 0 saturated heterocycles. The lowest BCUT2D eigenvalue weighted by Gasteiger charge is -2.09. The molecule has 0 aliphatic rings. The Bertz CT molecular complexity index is 666. The second-order valence-electron chi connectivity index (χ2n) is 3.77. The van der Waals surface area contributed by atoms with Crippen molar-refractivity contribution < 1.29 is 14.1 Å². The molecule has 0 bridgehead atoms. The predicted molar refractivity (Wildman–Crippen MR) is 73.0 cm³/mol. The van der Waals surface area contributed by atoms with Crippen LogP contribution in [0.15, 0.2) is 34.9 Å². The minimum Gasteiger partial charge on any atom is -0.431 e. The van der Waals surface area contributed by atoms with Crippen LogP contribution in [0.2, 0.25) is 0 Å². The van der Waals surface area contributed by atoms with E-state index in [1.54, 1.807) is 12.1 Å². The van der Waals surface area contributed by atoms with Gasteiger partial charge in [-0.05, 0) is 22.0 Å². The van der Waals surface area contributed by atoms with Crippen molar-refractivity contribution in [2.24, 2.45) is 5.73 Å². The van der Waals surface area contributed by atoms with E-state index in [0.717, 1.165) is 12.1 Å². The maximum absolute atomic E-state index is 13.5. The molecule has 0 saturated carbocycles. The average molecular weight is 342 g/mol. The maximum atomic E-state index is 13.5. The summed E-state index contributed by atoms with van der Waals surface area (Å²) in [6, 6.07) is 5.29. The van der Waals surface area contributed by atoms with Crippen LogP contribution in [0.1, 0.15) is 5.56 Å². The first-order chi connectivity index (χ1) is 9.52. The highest BCUT2D eigenvalue weighted by Gasteiger charge is 2.20. The number of nitro groups is 1. The monoisotopic (exact) mass is 341 g/mol. The molecule has 0 aliphatic heterocycles. The Labute approximate surface area is 121 Å². The van der Waals surface area contributed by atoms with Gasteiger partial charge in [0, 0.05) is 30.4 Å². The highest BCUT2D eigenvalue weighted by molar-refractivity contribution is 9.10. The molecule has 0 fully saturated rings. The van der Waals surface area contributed by atoms with Crippen molar-refractivity contribution in [1.29, 1.82) is 0 Å². The van der Waals surface area contributed by atoms with Crippen LogP contribution < -0.4 is 10.5 Å². The van der Waals surface area contributed by atoms with Crippen LogP contribution in [0, 0.1) is 15.9 Å². The molecule has 0 spiro atoms. The second-order valence-corrected chi connectivity index (χ2v) is 4.62. The van der Waals surface area contributed by atoms with E-state index in [1.807, 2.05) is 0 Å². The van der Waals surface area contributed by atoms with Crippen molar-refractivity contribution in [2.75, 3.05) is 0 Å². The summed E-state index contributed by atoms with van der Waals surface area (Å²) < 4.78 is 18.8. The van der Waals surface area contributed by atoms with Gasteiger partial charge in [0.15, 0.2) is 0 Å². The SMILES string of the molecule is NCc1cccnc1Oc1cc(F)c(Br)cc1[N+](=O)[O-]. The lowest BCUT2D eigenvalue weighted by Crippen LogP contribution is -2.02. The first-order valence-corrected chi connectivity index (χ1v) is 6.27. The van der Waals surface area contributed by atoms with Crippen LogP contribution in [0.3, 0.4) is 0 Å². The summed E-state index contributed by atoms with van der Waals surface area (Å²) >= 11 is 2.89. The van der Waals surface area contributed by atoms with E-state index in [1.165, 1.54) is 6.20 Å². The van der Waals surface area contributed by atoms with Crippen molar-refractivity contribution in [3.63, 3.8) is 0 Å². The smallest absolute Gasteiger partial charge is 0.312 e. The largest absolute Gasteiger partial charge is 0.431 e. The van der Waals surface area contributed by atoms with Crippen molar-refractivity contribution in [3.8, 4) is 11.6 Å². The van der Waals surface area contributed by atoms with Gasteiger partial charge >= 0.3 is 5.69 Å². The van der Waals surface area contributed by atoms with Crippen LogP contribution in [0.4, 0.5) is 10.1 Å². The van der Waals surface area contributed by atoms with Gasteiger partial charge in [-0.25, -0.2) is 9.37 Å². The zero-order valence-corrected chi connectivity index (χ0v) is 11.6. The van der Waals surface area contributed by atoms with Crippen molar-refractivity contribution >= 4 is 21.6 Å². The molecule has 2 aromatic rings. The van der Waals surface area contributed by atoms with Crippen molar-refractivity contribution in [3.05, 3.63) is 56.4 Å². The number of nitrogens with zero attached hydrogens (tertiary/aromatic N) is 2. The second kappa shape index (κ2) is 5.93. The Morgan fingerprint density at radius 1 is 1.50 bits per heavy atom. The molecule has 8 heteroatoms. The Morgan fingerprint density at radius 2 is 2.25 bits per heavy atom. The van der Waals surface area contributed by atoms with Gasteiger partial charge in [-0.15, -0.1) is 0 Å². The van der Waals surface area contributed by atoms with Crippen molar-refractivity contribution in [1.82, 2.24) is 4.98 Å². The van der Waals surface area contributed by atoms with E-state index in [4.69, 9.17) is 10.5 Å². The topological polar surface area (TPSA) is 91.3 Å². The third-order valence-electron chi connectivity index (χ3n) is 2.48. The van der Waals surface area contributed by atoms with Crippen molar-refractivity contribution in [2.45, 2.75) is 6.54 Å². The van der Waals surface area contributed by atoms with E-state index >= 15 is 0 Å². The van der Waals surface area contributed by atoms with Gasteiger partial charge in [0.05, 0.1) is 9.40 Å². The number of benzene rings is 1. The molecule has 1 aromatic carbocycles. The number of nitro benzene ring substituents is 1. The van der Waals surface area contributed by atoms with Gasteiger partial charge in [-0.3, -0.25) is 10.1 Å². The summed E-state index contributed by atoms with van der Waals surface area (Å²) in [7, 11) is 0. The summed E-state index contributed by atoms with van der Waals surface area (Å²) in [5, 5.41) is 11.0. The van der Waals surface area contributed by atoms with Gasteiger partial charge in [-0.2, -0.15) is 0 Å². The highest BCUT2D eigenvalue weighted by Crippen LogP contribution is 2.35. The Balaban J connectivity index is 2.47. The lowest BCUT2D eigenvalue weighted by atomic mass is 10.2. The standard InChI is InChI=1S/C12H9BrFN3O3/c13-8-4-10(17(18)19)11(5-9(8)14)20-12-7(6-15)2-1-3-16-12/h1-5H,6,15H2. The number of halogens is 2. The van der Waals surface area contributed by atoms with E-state index in [2.05, 4.69) is 20.9 Å². The summed E-state index contributed by atoms with van der Waals surface area (Å²) in [6.45, 7) is 0.149. The third-order valence-corrected chi connectivity index (χ3v) is 3.08. The molecule has 0 unspecified atom stereocenters. The van der Waals surface area contributed by atoms with Crippen LogP contribution in [0.5, 0.6) is 11.6 Å². The van der Waals surface area contributed by atoms with Gasteiger partial charge < -0.3 is 10.5 Å². The molecule has 0 aliphatic carbocycles. The van der Waals surface area contributed by atoms with E-state index in [9.17, 15) is 14.5 Å². The lowest BCUT2D eigenvalue weighted by molar-refractivity contribution is -0.385. The molecular formula is C12H9BrFN3O3. The van der Waals surface area contributed by atoms with Gasteiger partial charge in [-0.1, -0.05) is 6.07 Å². The fourth-order valence-corrected chi connectivity index (χ4v) is 1.85. The molecule has 1 aromatic heterocycles. The molecule has 1 heterocycles. The Hall–Kier alpha value is -2.06. The predicted octanol–water partition coefficient (Wildman–Crippen LogP) is 3.14. The van der Waals surface area contributed by atoms with Crippen LogP contribution >= 0.6 is 15.9 Å². The molecule has 0 atom stereocenters. The van der Waals surface area contributed by atoms with Gasteiger partial charge in [0.25, 0.3) is 0 Å². The molecule has 0 amide bonds. The quantitative estimate of drug-likeness (QED) is 0.681. The first kappa shape index (κ1) is 14.4. The van der Waals surface area contributed by atoms with E-state index in [-0.39, 0.29) is 28.3 Å². The first-order valence-electron chi connectivity index (χ1n) is 5.48. The number of ether oxygens (including phenoxy) is 1. The van der Waals surface area contributed by atoms with E-state index < -0.39 is 10.7 Å². The maximum Gasteiger partial charge on any atom is 0.312 e. The molecule has 2 rings (SSSR count). The Kier molecular flexibility index (Phi) is 4.26. The summed E-state index contributed by atoms with van der Waals surface area (Å²) in [6.07, 6.45) is 1.45. The average Bonchev–Trinajstić information content (AvgIpc) is 2.43. The molecule has 0 radical (unpaired) electrons. The van der Waals surface area contributed by atoms with Crippen LogP contribution in [-0.4, -0.2) is 9.91 Å². The minimum absolute atomic E-state index is 0.0170. The third kappa shape index (κ3) is 2.91. The zero-order valence-electron chi connectivity index (χ0n) is 10.0. The number of hydrogen-bond acceptors (Lipinski definition) is 5. The fourth-order valence-electron chi connectivity index (χ4n) is 1.52. The summed E-state index contributed by atoms with van der Waals surface area (Å²) in [4.78, 5) is 14.2. The number of nitrogens with two attached hydrogens (primary N) is 1. The molecular weight excluding hydrogens is 333 g/mol. The number of rotatable bonds is 4. The van der Waals surface area contributed by atoms with Gasteiger partial charge in [0.2, 0.25) is 11.6 Å². The summed E-state index contributed by atoms with van der Waals surface area (Å²) in [5.41, 5.74) is 5.71. The molecule has 6 nitrogen and oxygen atoms in total. The van der Waals surface area contributed by atoms with Gasteiger partial charge in [0.1, 0.15) is 5.82 Å². The van der Waals surface area contributed by atoms with E-state index in [0.29, 0.717) is 5.56 Å². The molecule has 2 N–H and O–H groups in total. The highest BCUT2D eigenvalue weighted by atomic mass is 79.9. The fraction of sp³-hybridized carbons (Fsp3) is 0.0833. The molecule has 104 valence electrons. The zero-order chi connectivity index (χ0) is 14.7. The number of aromatic nitrogens is 1. The minimum atomic E-state index is -0.671. The Morgan fingerprint density at radius 3 is 2.90 bits per heavy atom. The van der Waals surface area contributed by atoms with Crippen LogP contribution in [-0.2, 0) is 6.54 Å². The molecule has 20 heavy (non-hydrogen) atoms. The number of pyridine rings is 1. The normalized spacial score (nSPS) is 10.3. The summed E-state index contributed by atoms with van der Waals surface area (Å²) in [5.74, 6) is -0.792. The van der Waals surface area contributed by atoms with Crippen LogP contribution in [0.25, 0.3) is 0 Å².